The van der Waals surface area contributed by atoms with Crippen LogP contribution in [0.15, 0.2) is 29.6 Å². The smallest absolute Gasteiger partial charge is 0.246 e. The lowest BCUT2D eigenvalue weighted by Crippen LogP contribution is -2.53. The van der Waals surface area contributed by atoms with Gasteiger partial charge in [-0.25, -0.2) is 4.98 Å². The lowest BCUT2D eigenvalue weighted by molar-refractivity contribution is -0.148. The molecule has 0 unspecified atom stereocenters. The Morgan fingerprint density at radius 1 is 1.33 bits per heavy atom. The number of aryl methyl sites for hydroxylation is 1. The zero-order valence-corrected chi connectivity index (χ0v) is 19.0. The molecule has 30 heavy (non-hydrogen) atoms. The number of imide groups is 1. The average Bonchev–Trinajstić information content (AvgIpc) is 3.33. The number of amides is 2. The van der Waals surface area contributed by atoms with Gasteiger partial charge in [0.2, 0.25) is 11.8 Å². The Morgan fingerprint density at radius 3 is 2.50 bits per heavy atom. The topological polar surface area (TPSA) is 109 Å². The molecule has 7 nitrogen and oxygen atoms in total. The molecule has 1 aromatic heterocycles. The van der Waals surface area contributed by atoms with E-state index in [2.05, 4.69) is 10.3 Å². The zero-order valence-electron chi connectivity index (χ0n) is 17.4. The van der Waals surface area contributed by atoms with Gasteiger partial charge in [0.25, 0.3) is 0 Å². The van der Waals surface area contributed by atoms with Crippen molar-refractivity contribution in [1.29, 1.82) is 0 Å². The number of nitrogens with zero attached hydrogens (tertiary/aromatic N) is 2. The Balaban J connectivity index is 0.00000320. The van der Waals surface area contributed by atoms with Crippen molar-refractivity contribution in [2.45, 2.75) is 51.9 Å². The van der Waals surface area contributed by atoms with Crippen molar-refractivity contribution in [3.8, 4) is 10.6 Å². The summed E-state index contributed by atoms with van der Waals surface area (Å²) in [5, 5.41) is 15.7. The zero-order chi connectivity index (χ0) is 21.1. The van der Waals surface area contributed by atoms with Crippen molar-refractivity contribution in [2.24, 2.45) is 11.7 Å². The molecule has 1 fully saturated rings. The molecule has 0 aliphatic carbocycles. The number of halogens is 1. The fraction of sp³-hybridized carbons (Fsp3) is 0.476. The van der Waals surface area contributed by atoms with Crippen LogP contribution in [0.25, 0.3) is 10.6 Å². The number of nitrogens with two attached hydrogens (primary N) is 1. The first kappa shape index (κ1) is 24.4. The summed E-state index contributed by atoms with van der Waals surface area (Å²) in [5.74, 6) is -0.828. The van der Waals surface area contributed by atoms with Gasteiger partial charge in [0.05, 0.1) is 24.7 Å². The number of thiazole rings is 1. The van der Waals surface area contributed by atoms with Crippen LogP contribution >= 0.6 is 23.7 Å². The summed E-state index contributed by atoms with van der Waals surface area (Å²) >= 11 is 1.58. The summed E-state index contributed by atoms with van der Waals surface area (Å²) in [5.41, 5.74) is 8.87. The highest BCUT2D eigenvalue weighted by molar-refractivity contribution is 7.13. The molecular weight excluding hydrogens is 424 g/mol. The molecule has 1 aliphatic heterocycles. The third-order valence-corrected chi connectivity index (χ3v) is 6.11. The molecule has 1 saturated heterocycles. The molecule has 0 spiro atoms. The highest BCUT2D eigenvalue weighted by atomic mass is 35.5. The van der Waals surface area contributed by atoms with Crippen LogP contribution in [0.1, 0.15) is 31.5 Å². The number of hydrogen-bond donors (Lipinski definition) is 3. The molecule has 3 atom stereocenters. The minimum absolute atomic E-state index is 0. The maximum absolute atomic E-state index is 13.0. The number of hydrogen-bond acceptors (Lipinski definition) is 7. The van der Waals surface area contributed by atoms with Crippen LogP contribution in [-0.4, -0.2) is 51.5 Å². The normalized spacial score (nSPS) is 19.4. The van der Waals surface area contributed by atoms with Crippen molar-refractivity contribution < 1.29 is 14.7 Å². The van der Waals surface area contributed by atoms with Gasteiger partial charge in [-0.15, -0.1) is 23.7 Å². The average molecular weight is 453 g/mol. The van der Waals surface area contributed by atoms with Crippen LogP contribution in [0, 0.1) is 12.8 Å². The van der Waals surface area contributed by atoms with Gasteiger partial charge in [0.1, 0.15) is 5.01 Å². The molecule has 0 radical (unpaired) electrons. The Hall–Kier alpha value is -1.84. The van der Waals surface area contributed by atoms with Gasteiger partial charge >= 0.3 is 0 Å². The van der Waals surface area contributed by atoms with Crippen molar-refractivity contribution in [1.82, 2.24) is 15.2 Å². The molecular formula is C21H29ClN4O3S. The summed E-state index contributed by atoms with van der Waals surface area (Å²) in [6.07, 6.45) is -0.289. The van der Waals surface area contributed by atoms with E-state index >= 15 is 0 Å². The number of rotatable bonds is 6. The third-order valence-electron chi connectivity index (χ3n) is 5.10. The van der Waals surface area contributed by atoms with Crippen LogP contribution < -0.4 is 11.1 Å². The number of β-amino-alcohol motifs (C(OH)–C–C–N with tert-alkyl or cyclic N) is 1. The number of carbonyl (C=O) groups is 2. The van der Waals surface area contributed by atoms with Gasteiger partial charge in [0.15, 0.2) is 0 Å². The van der Waals surface area contributed by atoms with Gasteiger partial charge in [0, 0.05) is 23.2 Å². The molecule has 164 valence electrons. The summed E-state index contributed by atoms with van der Waals surface area (Å²) < 4.78 is 0. The van der Waals surface area contributed by atoms with Gasteiger partial charge in [-0.2, -0.15) is 0 Å². The van der Waals surface area contributed by atoms with Crippen LogP contribution in [0.2, 0.25) is 0 Å². The number of nitrogens with one attached hydrogen (secondary N) is 1. The van der Waals surface area contributed by atoms with E-state index in [0.717, 1.165) is 21.8 Å². The molecule has 3 rings (SSSR count). The summed E-state index contributed by atoms with van der Waals surface area (Å²) in [6.45, 7) is 6.15. The van der Waals surface area contributed by atoms with E-state index in [1.165, 1.54) is 4.90 Å². The first-order valence-electron chi connectivity index (χ1n) is 9.80. The standard InChI is InChI=1S/C21H28N4O3S.ClH/c1-12(2)18(22)21(28)25(20(27)17-8-16(26)9-23-17)10-14-4-6-15(7-5-14)19-24-13(3)11-29-19;/h4-7,11-12,16-18,23,26H,8-10,22H2,1-3H3;1H/t16-,17+,18+;/m1./s1. The number of aromatic nitrogens is 1. The molecule has 2 aromatic rings. The van der Waals surface area contributed by atoms with Crippen molar-refractivity contribution >= 4 is 35.6 Å². The van der Waals surface area contributed by atoms with Crippen molar-refractivity contribution in [2.75, 3.05) is 6.54 Å². The van der Waals surface area contributed by atoms with E-state index in [9.17, 15) is 14.7 Å². The van der Waals surface area contributed by atoms with Gasteiger partial charge in [-0.3, -0.25) is 14.5 Å². The van der Waals surface area contributed by atoms with Gasteiger partial charge in [-0.1, -0.05) is 38.1 Å². The number of benzene rings is 1. The predicted molar refractivity (Wildman–Crippen MR) is 120 cm³/mol. The quantitative estimate of drug-likeness (QED) is 0.619. The highest BCUT2D eigenvalue weighted by Gasteiger charge is 2.36. The summed E-state index contributed by atoms with van der Waals surface area (Å²) in [6, 6.07) is 6.35. The largest absolute Gasteiger partial charge is 0.392 e. The van der Waals surface area contributed by atoms with E-state index < -0.39 is 24.1 Å². The van der Waals surface area contributed by atoms with E-state index in [1.807, 2.05) is 50.4 Å². The van der Waals surface area contributed by atoms with Gasteiger partial charge < -0.3 is 16.2 Å². The maximum Gasteiger partial charge on any atom is 0.246 e. The monoisotopic (exact) mass is 452 g/mol. The third kappa shape index (κ3) is 5.65. The second-order valence-corrected chi connectivity index (χ2v) is 8.73. The highest BCUT2D eigenvalue weighted by Crippen LogP contribution is 2.24. The van der Waals surface area contributed by atoms with Crippen molar-refractivity contribution in [3.63, 3.8) is 0 Å². The maximum atomic E-state index is 13.0. The van der Waals surface area contributed by atoms with Crippen LogP contribution in [0.5, 0.6) is 0 Å². The second kappa shape index (κ2) is 10.5. The van der Waals surface area contributed by atoms with Crippen LogP contribution in [-0.2, 0) is 16.1 Å². The minimum atomic E-state index is -0.761. The molecule has 2 amide bonds. The lowest BCUT2D eigenvalue weighted by Gasteiger charge is -2.28. The molecule has 1 aromatic carbocycles. The first-order chi connectivity index (χ1) is 13.8. The minimum Gasteiger partial charge on any atom is -0.392 e. The van der Waals surface area contributed by atoms with Gasteiger partial charge in [-0.05, 0) is 24.8 Å². The van der Waals surface area contributed by atoms with E-state index in [0.29, 0.717) is 13.0 Å². The summed E-state index contributed by atoms with van der Waals surface area (Å²) in [7, 11) is 0. The Bertz CT molecular complexity index is 871. The first-order valence-corrected chi connectivity index (χ1v) is 10.7. The molecule has 2 heterocycles. The molecule has 0 bridgehead atoms. The van der Waals surface area contributed by atoms with E-state index in [1.54, 1.807) is 11.3 Å². The van der Waals surface area contributed by atoms with E-state index in [4.69, 9.17) is 5.73 Å². The number of aliphatic hydroxyl groups excluding tert-OH is 1. The predicted octanol–water partition coefficient (Wildman–Crippen LogP) is 2.10. The Kier molecular flexibility index (Phi) is 8.52. The Morgan fingerprint density at radius 2 is 2.00 bits per heavy atom. The fourth-order valence-electron chi connectivity index (χ4n) is 3.24. The van der Waals surface area contributed by atoms with Crippen LogP contribution in [0.4, 0.5) is 0 Å². The molecule has 0 saturated carbocycles. The molecule has 4 N–H and O–H groups in total. The Labute approximate surface area is 187 Å². The SMILES string of the molecule is Cc1csc(-c2ccc(CN(C(=O)[C@@H]3C[C@@H](O)CN3)C(=O)[C@@H](N)C(C)C)cc2)n1.Cl. The number of carbonyl (C=O) groups excluding carboxylic acids is 2. The van der Waals surface area contributed by atoms with E-state index in [-0.39, 0.29) is 30.8 Å². The molecule has 9 heteroatoms. The second-order valence-electron chi connectivity index (χ2n) is 7.87. The van der Waals surface area contributed by atoms with Crippen LogP contribution in [0.3, 0.4) is 0 Å². The number of aliphatic hydroxyl groups is 1. The summed E-state index contributed by atoms with van der Waals surface area (Å²) in [4.78, 5) is 31.7. The lowest BCUT2D eigenvalue weighted by atomic mass is 10.0. The fourth-order valence-corrected chi connectivity index (χ4v) is 4.05. The molecule has 1 aliphatic rings. The van der Waals surface area contributed by atoms with Crippen molar-refractivity contribution in [3.05, 3.63) is 40.9 Å².